The van der Waals surface area contributed by atoms with Crippen LogP contribution < -0.4 is 0 Å². The summed E-state index contributed by atoms with van der Waals surface area (Å²) >= 11 is 0. The number of unbranched alkanes of at least 4 members (excludes halogenated alkanes) is 27. The van der Waals surface area contributed by atoms with Crippen molar-refractivity contribution in [3.8, 4) is 0 Å². The molecule has 1 N–H and O–H groups in total. The van der Waals surface area contributed by atoms with Crippen LogP contribution in [0, 0.1) is 0 Å². The molecule has 256 valence electrons. The summed E-state index contributed by atoms with van der Waals surface area (Å²) in [5, 5.41) is 8.67. The zero-order valence-electron chi connectivity index (χ0n) is 29.3. The Kier molecular flexibility index (Phi) is 34.5. The second-order valence-electron chi connectivity index (χ2n) is 13.5. The molecule has 0 aliphatic rings. The van der Waals surface area contributed by atoms with Gasteiger partial charge < -0.3 is 9.84 Å². The van der Waals surface area contributed by atoms with E-state index in [2.05, 4.69) is 13.8 Å². The van der Waals surface area contributed by atoms with Gasteiger partial charge in [0, 0.05) is 12.8 Å². The van der Waals surface area contributed by atoms with Crippen LogP contribution in [0.15, 0.2) is 0 Å². The molecule has 0 spiro atoms. The molecule has 0 bridgehead atoms. The molecule has 4 heteroatoms. The normalized spacial score (nSPS) is 12.0. The highest BCUT2D eigenvalue weighted by Gasteiger charge is 2.13. The highest BCUT2D eigenvalue weighted by molar-refractivity contribution is 5.69. The number of carbonyl (C=O) groups is 2. The van der Waals surface area contributed by atoms with Gasteiger partial charge in [0.1, 0.15) is 6.10 Å². The van der Waals surface area contributed by atoms with Gasteiger partial charge in [0.15, 0.2) is 0 Å². The second-order valence-corrected chi connectivity index (χ2v) is 13.5. The summed E-state index contributed by atoms with van der Waals surface area (Å²) in [5.74, 6) is -0.652. The molecular formula is C39H76O4. The Labute approximate surface area is 269 Å². The number of carbonyl (C=O) groups excluding carboxylic acids is 1. The van der Waals surface area contributed by atoms with Crippen molar-refractivity contribution < 1.29 is 19.4 Å². The Bertz CT molecular complexity index is 576. The SMILES string of the molecule is CCCCCCCCCCCCCCCCCCCCCC(=O)OC(CCC)CCCCCCCCCCCCC(=O)O. The minimum Gasteiger partial charge on any atom is -0.481 e. The third-order valence-corrected chi connectivity index (χ3v) is 9.06. The first kappa shape index (κ1) is 41.9. The molecule has 43 heavy (non-hydrogen) atoms. The summed E-state index contributed by atoms with van der Waals surface area (Å²) in [6.07, 6.45) is 41.9. The quantitative estimate of drug-likeness (QED) is 0.0567. The van der Waals surface area contributed by atoms with Crippen LogP contribution in [0.3, 0.4) is 0 Å². The van der Waals surface area contributed by atoms with Gasteiger partial charge >= 0.3 is 11.9 Å². The fourth-order valence-corrected chi connectivity index (χ4v) is 6.24. The Morgan fingerprint density at radius 2 is 0.744 bits per heavy atom. The molecule has 0 saturated carbocycles. The number of carboxylic acid groups (broad SMARTS) is 1. The Morgan fingerprint density at radius 3 is 1.09 bits per heavy atom. The summed E-state index contributed by atoms with van der Waals surface area (Å²) in [5.41, 5.74) is 0. The fourth-order valence-electron chi connectivity index (χ4n) is 6.24. The monoisotopic (exact) mass is 609 g/mol. The smallest absolute Gasteiger partial charge is 0.306 e. The van der Waals surface area contributed by atoms with Crippen LogP contribution in [-0.4, -0.2) is 23.1 Å². The average Bonchev–Trinajstić information content (AvgIpc) is 2.98. The summed E-state index contributed by atoms with van der Waals surface area (Å²) < 4.78 is 5.86. The minimum atomic E-state index is -0.674. The maximum atomic E-state index is 12.4. The van der Waals surface area contributed by atoms with Crippen molar-refractivity contribution in [1.29, 1.82) is 0 Å². The maximum absolute atomic E-state index is 12.4. The van der Waals surface area contributed by atoms with Crippen molar-refractivity contribution in [3.05, 3.63) is 0 Å². The van der Waals surface area contributed by atoms with E-state index in [4.69, 9.17) is 9.84 Å². The van der Waals surface area contributed by atoms with Crippen molar-refractivity contribution in [1.82, 2.24) is 0 Å². The summed E-state index contributed by atoms with van der Waals surface area (Å²) in [6, 6.07) is 0. The van der Waals surface area contributed by atoms with E-state index in [0.717, 1.165) is 57.8 Å². The largest absolute Gasteiger partial charge is 0.481 e. The predicted octanol–water partition coefficient (Wildman–Crippen LogP) is 13.3. The molecule has 0 aromatic heterocycles. The summed E-state index contributed by atoms with van der Waals surface area (Å²) in [4.78, 5) is 22.9. The molecule has 0 amide bonds. The third kappa shape index (κ3) is 35.3. The predicted molar refractivity (Wildman–Crippen MR) is 186 cm³/mol. The van der Waals surface area contributed by atoms with Crippen LogP contribution in [0.2, 0.25) is 0 Å². The van der Waals surface area contributed by atoms with Crippen LogP contribution in [0.5, 0.6) is 0 Å². The van der Waals surface area contributed by atoms with Crippen molar-refractivity contribution >= 4 is 11.9 Å². The number of ether oxygens (including phenoxy) is 1. The Morgan fingerprint density at radius 1 is 0.419 bits per heavy atom. The molecule has 0 fully saturated rings. The molecule has 0 aliphatic carbocycles. The third-order valence-electron chi connectivity index (χ3n) is 9.06. The van der Waals surface area contributed by atoms with Gasteiger partial charge in [-0.05, 0) is 32.1 Å². The molecule has 0 aromatic carbocycles. The van der Waals surface area contributed by atoms with Gasteiger partial charge in [-0.3, -0.25) is 9.59 Å². The van der Waals surface area contributed by atoms with E-state index >= 15 is 0 Å². The first-order valence-electron chi connectivity index (χ1n) is 19.5. The molecular weight excluding hydrogens is 532 g/mol. The Balaban J connectivity index is 3.47. The second kappa shape index (κ2) is 35.4. The van der Waals surface area contributed by atoms with E-state index in [-0.39, 0.29) is 12.1 Å². The van der Waals surface area contributed by atoms with E-state index < -0.39 is 5.97 Å². The zero-order valence-corrected chi connectivity index (χ0v) is 29.3. The van der Waals surface area contributed by atoms with Gasteiger partial charge in [-0.1, -0.05) is 187 Å². The van der Waals surface area contributed by atoms with Crippen LogP contribution in [-0.2, 0) is 14.3 Å². The number of hydrogen-bond donors (Lipinski definition) is 1. The fraction of sp³-hybridized carbons (Fsp3) is 0.949. The van der Waals surface area contributed by atoms with Crippen LogP contribution in [0.1, 0.15) is 232 Å². The van der Waals surface area contributed by atoms with Crippen molar-refractivity contribution in [2.45, 2.75) is 238 Å². The van der Waals surface area contributed by atoms with Crippen LogP contribution >= 0.6 is 0 Å². The van der Waals surface area contributed by atoms with Crippen molar-refractivity contribution in [2.75, 3.05) is 0 Å². The molecule has 0 aromatic rings. The lowest BCUT2D eigenvalue weighted by Gasteiger charge is -2.17. The topological polar surface area (TPSA) is 63.6 Å². The molecule has 1 unspecified atom stereocenters. The van der Waals surface area contributed by atoms with Crippen molar-refractivity contribution in [3.63, 3.8) is 0 Å². The maximum Gasteiger partial charge on any atom is 0.306 e. The first-order valence-corrected chi connectivity index (χ1v) is 19.5. The molecule has 0 radical (unpaired) electrons. The van der Waals surface area contributed by atoms with E-state index in [9.17, 15) is 9.59 Å². The highest BCUT2D eigenvalue weighted by Crippen LogP contribution is 2.18. The first-order chi connectivity index (χ1) is 21.1. The highest BCUT2D eigenvalue weighted by atomic mass is 16.5. The van der Waals surface area contributed by atoms with E-state index in [0.29, 0.717) is 12.8 Å². The zero-order chi connectivity index (χ0) is 31.5. The molecule has 0 aliphatic heterocycles. The van der Waals surface area contributed by atoms with E-state index in [1.165, 1.54) is 148 Å². The van der Waals surface area contributed by atoms with Gasteiger partial charge in [-0.15, -0.1) is 0 Å². The average molecular weight is 609 g/mol. The van der Waals surface area contributed by atoms with E-state index in [1.54, 1.807) is 0 Å². The van der Waals surface area contributed by atoms with Gasteiger partial charge in [-0.25, -0.2) is 0 Å². The molecule has 0 heterocycles. The van der Waals surface area contributed by atoms with Gasteiger partial charge in [0.05, 0.1) is 0 Å². The number of carboxylic acids is 1. The van der Waals surface area contributed by atoms with Gasteiger partial charge in [0.25, 0.3) is 0 Å². The lowest BCUT2D eigenvalue weighted by Crippen LogP contribution is -2.18. The molecule has 0 saturated heterocycles. The van der Waals surface area contributed by atoms with Crippen LogP contribution in [0.25, 0.3) is 0 Å². The number of rotatable bonds is 36. The number of hydrogen-bond acceptors (Lipinski definition) is 3. The number of aliphatic carboxylic acids is 1. The van der Waals surface area contributed by atoms with Gasteiger partial charge in [-0.2, -0.15) is 0 Å². The molecule has 0 rings (SSSR count). The molecule has 4 nitrogen and oxygen atoms in total. The van der Waals surface area contributed by atoms with Gasteiger partial charge in [0.2, 0.25) is 0 Å². The Hall–Kier alpha value is -1.06. The summed E-state index contributed by atoms with van der Waals surface area (Å²) in [7, 11) is 0. The lowest BCUT2D eigenvalue weighted by molar-refractivity contribution is -0.150. The molecule has 1 atom stereocenters. The number of esters is 1. The minimum absolute atomic E-state index is 0.0220. The van der Waals surface area contributed by atoms with Crippen molar-refractivity contribution in [2.24, 2.45) is 0 Å². The standard InChI is InChI=1S/C39H76O4/c1-3-5-6-7-8-9-10-11-12-13-14-15-16-17-18-23-26-29-32-36-39(42)43-37(33-4-2)34-30-27-24-21-19-20-22-25-28-31-35-38(40)41/h37H,3-36H2,1-2H3,(H,40,41). The lowest BCUT2D eigenvalue weighted by atomic mass is 10.0. The summed E-state index contributed by atoms with van der Waals surface area (Å²) in [6.45, 7) is 4.47. The van der Waals surface area contributed by atoms with E-state index in [1.807, 2.05) is 0 Å². The van der Waals surface area contributed by atoms with Crippen LogP contribution in [0.4, 0.5) is 0 Å².